The van der Waals surface area contributed by atoms with Crippen LogP contribution in [0.2, 0.25) is 0 Å². The van der Waals surface area contributed by atoms with Crippen molar-refractivity contribution in [3.05, 3.63) is 0 Å². The molecule has 1 rings (SSSR count). The molecular formula is C11H21NO4S. The van der Waals surface area contributed by atoms with Crippen LogP contribution in [-0.4, -0.2) is 63.6 Å². The molecule has 0 bridgehead atoms. The molecule has 0 spiro atoms. The van der Waals surface area contributed by atoms with Gasteiger partial charge in [-0.2, -0.15) is 11.8 Å². The molecule has 1 atom stereocenters. The topological polar surface area (TPSA) is 56.8 Å². The second kappa shape index (κ2) is 9.70. The van der Waals surface area contributed by atoms with Crippen molar-refractivity contribution >= 4 is 17.7 Å². The van der Waals surface area contributed by atoms with Crippen LogP contribution in [0.15, 0.2) is 0 Å². The van der Waals surface area contributed by atoms with Crippen LogP contribution in [0, 0.1) is 0 Å². The molecule has 5 nitrogen and oxygen atoms in total. The number of ether oxygens (including phenoxy) is 3. The van der Waals surface area contributed by atoms with E-state index in [0.29, 0.717) is 26.4 Å². The van der Waals surface area contributed by atoms with Crippen molar-refractivity contribution in [3.8, 4) is 0 Å². The van der Waals surface area contributed by atoms with E-state index in [0.717, 1.165) is 24.5 Å². The van der Waals surface area contributed by atoms with Crippen molar-refractivity contribution < 1.29 is 19.0 Å². The lowest BCUT2D eigenvalue weighted by molar-refractivity contribution is -0.147. The van der Waals surface area contributed by atoms with Crippen LogP contribution < -0.4 is 5.32 Å². The van der Waals surface area contributed by atoms with Gasteiger partial charge in [-0.1, -0.05) is 0 Å². The van der Waals surface area contributed by atoms with Gasteiger partial charge in [0.1, 0.15) is 12.6 Å². The SMILES string of the molecule is COCCCOCCOC(=O)C1CSCCN1. The molecule has 0 aromatic carbocycles. The number of hydrogen-bond acceptors (Lipinski definition) is 6. The minimum Gasteiger partial charge on any atom is -0.462 e. The first-order valence-corrected chi connectivity index (χ1v) is 7.04. The summed E-state index contributed by atoms with van der Waals surface area (Å²) in [5, 5.41) is 3.13. The Balaban J connectivity index is 1.92. The predicted molar refractivity (Wildman–Crippen MR) is 67.4 cm³/mol. The first-order chi connectivity index (χ1) is 8.34. The fraction of sp³-hybridized carbons (Fsp3) is 0.909. The maximum atomic E-state index is 11.6. The zero-order valence-corrected chi connectivity index (χ0v) is 11.1. The van der Waals surface area contributed by atoms with Gasteiger partial charge in [-0.25, -0.2) is 0 Å². The lowest BCUT2D eigenvalue weighted by Crippen LogP contribution is -2.44. The fourth-order valence-electron chi connectivity index (χ4n) is 1.43. The van der Waals surface area contributed by atoms with E-state index in [1.165, 1.54) is 0 Å². The Kier molecular flexibility index (Phi) is 8.42. The van der Waals surface area contributed by atoms with Crippen LogP contribution in [0.5, 0.6) is 0 Å². The zero-order chi connectivity index (χ0) is 12.3. The van der Waals surface area contributed by atoms with E-state index in [4.69, 9.17) is 14.2 Å². The third-order valence-electron chi connectivity index (χ3n) is 2.32. The molecule has 1 N–H and O–H groups in total. The van der Waals surface area contributed by atoms with Gasteiger partial charge in [-0.3, -0.25) is 4.79 Å². The number of rotatable bonds is 8. The second-order valence-electron chi connectivity index (χ2n) is 3.71. The molecule has 1 heterocycles. The number of thioether (sulfide) groups is 1. The Hall–Kier alpha value is -0.300. The summed E-state index contributed by atoms with van der Waals surface area (Å²) in [5.41, 5.74) is 0. The molecule has 0 saturated carbocycles. The fourth-order valence-corrected chi connectivity index (χ4v) is 2.34. The maximum absolute atomic E-state index is 11.6. The molecule has 1 unspecified atom stereocenters. The molecule has 100 valence electrons. The number of carbonyl (C=O) groups excluding carboxylic acids is 1. The molecular weight excluding hydrogens is 242 g/mol. The highest BCUT2D eigenvalue weighted by molar-refractivity contribution is 7.99. The Morgan fingerprint density at radius 1 is 1.35 bits per heavy atom. The van der Waals surface area contributed by atoms with Gasteiger partial charge in [-0.15, -0.1) is 0 Å². The lowest BCUT2D eigenvalue weighted by atomic mass is 10.3. The summed E-state index contributed by atoms with van der Waals surface area (Å²) < 4.78 is 15.3. The van der Waals surface area contributed by atoms with Crippen LogP contribution in [0.4, 0.5) is 0 Å². The Morgan fingerprint density at radius 3 is 2.94 bits per heavy atom. The Labute approximate surface area is 107 Å². The van der Waals surface area contributed by atoms with Gasteiger partial charge in [0.2, 0.25) is 0 Å². The van der Waals surface area contributed by atoms with Crippen LogP contribution in [-0.2, 0) is 19.0 Å². The molecule has 1 aliphatic rings. The zero-order valence-electron chi connectivity index (χ0n) is 10.3. The van der Waals surface area contributed by atoms with Crippen molar-refractivity contribution in [2.24, 2.45) is 0 Å². The number of carbonyl (C=O) groups is 1. The van der Waals surface area contributed by atoms with E-state index in [1.807, 2.05) is 0 Å². The third-order valence-corrected chi connectivity index (χ3v) is 3.38. The highest BCUT2D eigenvalue weighted by Crippen LogP contribution is 2.08. The van der Waals surface area contributed by atoms with Gasteiger partial charge in [0.25, 0.3) is 0 Å². The van der Waals surface area contributed by atoms with Crippen LogP contribution in [0.25, 0.3) is 0 Å². The van der Waals surface area contributed by atoms with Gasteiger partial charge >= 0.3 is 5.97 Å². The summed E-state index contributed by atoms with van der Waals surface area (Å²) in [6.45, 7) is 2.99. The normalized spacial score (nSPS) is 20.2. The van der Waals surface area contributed by atoms with Crippen molar-refractivity contribution in [2.45, 2.75) is 12.5 Å². The number of nitrogens with one attached hydrogen (secondary N) is 1. The van der Waals surface area contributed by atoms with Crippen molar-refractivity contribution in [1.82, 2.24) is 5.32 Å². The average Bonchev–Trinajstić information content (AvgIpc) is 2.38. The molecule has 0 radical (unpaired) electrons. The molecule has 17 heavy (non-hydrogen) atoms. The summed E-state index contributed by atoms with van der Waals surface area (Å²) in [6, 6.07) is -0.151. The second-order valence-corrected chi connectivity index (χ2v) is 4.86. The summed E-state index contributed by atoms with van der Waals surface area (Å²) in [6.07, 6.45) is 0.866. The minimum atomic E-state index is -0.169. The summed E-state index contributed by atoms with van der Waals surface area (Å²) in [4.78, 5) is 11.6. The predicted octanol–water partition coefficient (Wildman–Crippen LogP) is 0.288. The first kappa shape index (κ1) is 14.8. The highest BCUT2D eigenvalue weighted by atomic mass is 32.2. The minimum absolute atomic E-state index is 0.151. The van der Waals surface area contributed by atoms with Crippen LogP contribution >= 0.6 is 11.8 Å². The lowest BCUT2D eigenvalue weighted by Gasteiger charge is -2.21. The standard InChI is InChI=1S/C11H21NO4S/c1-14-4-2-5-15-6-7-16-11(13)10-9-17-8-3-12-10/h10,12H,2-9H2,1H3. The first-order valence-electron chi connectivity index (χ1n) is 5.89. The van der Waals surface area contributed by atoms with E-state index in [-0.39, 0.29) is 12.0 Å². The summed E-state index contributed by atoms with van der Waals surface area (Å²) in [7, 11) is 1.66. The molecule has 1 fully saturated rings. The highest BCUT2D eigenvalue weighted by Gasteiger charge is 2.21. The molecule has 1 saturated heterocycles. The van der Waals surface area contributed by atoms with Gasteiger partial charge in [0, 0.05) is 38.4 Å². The molecule has 0 amide bonds. The van der Waals surface area contributed by atoms with E-state index in [1.54, 1.807) is 18.9 Å². The van der Waals surface area contributed by atoms with Crippen LogP contribution in [0.3, 0.4) is 0 Å². The molecule has 0 aromatic heterocycles. The van der Waals surface area contributed by atoms with Gasteiger partial charge in [0.15, 0.2) is 0 Å². The van der Waals surface area contributed by atoms with Gasteiger partial charge in [-0.05, 0) is 6.42 Å². The van der Waals surface area contributed by atoms with Crippen molar-refractivity contribution in [1.29, 1.82) is 0 Å². The summed E-state index contributed by atoms with van der Waals surface area (Å²) >= 11 is 1.78. The number of hydrogen-bond donors (Lipinski definition) is 1. The quantitative estimate of drug-likeness (QED) is 0.502. The largest absolute Gasteiger partial charge is 0.462 e. The average molecular weight is 263 g/mol. The maximum Gasteiger partial charge on any atom is 0.324 e. The Bertz CT molecular complexity index is 210. The molecule has 6 heteroatoms. The van der Waals surface area contributed by atoms with E-state index < -0.39 is 0 Å². The van der Waals surface area contributed by atoms with E-state index in [2.05, 4.69) is 5.32 Å². The monoisotopic (exact) mass is 263 g/mol. The van der Waals surface area contributed by atoms with E-state index >= 15 is 0 Å². The van der Waals surface area contributed by atoms with Crippen molar-refractivity contribution in [2.75, 3.05) is 51.6 Å². The molecule has 0 aromatic rings. The molecule has 1 aliphatic heterocycles. The summed E-state index contributed by atoms with van der Waals surface area (Å²) in [5.74, 6) is 1.69. The smallest absolute Gasteiger partial charge is 0.324 e. The van der Waals surface area contributed by atoms with E-state index in [9.17, 15) is 4.79 Å². The van der Waals surface area contributed by atoms with Gasteiger partial charge < -0.3 is 19.5 Å². The number of esters is 1. The van der Waals surface area contributed by atoms with Crippen molar-refractivity contribution in [3.63, 3.8) is 0 Å². The Morgan fingerprint density at radius 2 is 2.24 bits per heavy atom. The number of methoxy groups -OCH3 is 1. The molecule has 0 aliphatic carbocycles. The van der Waals surface area contributed by atoms with Crippen LogP contribution in [0.1, 0.15) is 6.42 Å². The third kappa shape index (κ3) is 6.88. The van der Waals surface area contributed by atoms with Gasteiger partial charge in [0.05, 0.1) is 6.61 Å².